The summed E-state index contributed by atoms with van der Waals surface area (Å²) in [7, 11) is 0. The molecule has 0 saturated heterocycles. The van der Waals surface area contributed by atoms with Crippen LogP contribution in [0, 0.1) is 5.92 Å². The fourth-order valence-corrected chi connectivity index (χ4v) is 2.69. The smallest absolute Gasteiger partial charge is 0.227 e. The molecule has 1 unspecified atom stereocenters. The largest absolute Gasteiger partial charge is 0.436 e. The molecule has 0 aliphatic carbocycles. The highest BCUT2D eigenvalue weighted by molar-refractivity contribution is 5.94. The molecule has 1 atom stereocenters. The van der Waals surface area contributed by atoms with Crippen LogP contribution in [-0.2, 0) is 10.2 Å². The van der Waals surface area contributed by atoms with Crippen molar-refractivity contribution < 1.29 is 9.21 Å². The van der Waals surface area contributed by atoms with E-state index in [4.69, 9.17) is 4.42 Å². The number of oxazole rings is 1. The van der Waals surface area contributed by atoms with E-state index in [1.165, 1.54) is 5.56 Å². The fraction of sp³-hybridized carbons (Fsp3) is 0.364. The van der Waals surface area contributed by atoms with E-state index in [2.05, 4.69) is 43.2 Å². The van der Waals surface area contributed by atoms with Crippen molar-refractivity contribution in [3.05, 3.63) is 48.0 Å². The van der Waals surface area contributed by atoms with E-state index in [9.17, 15) is 4.79 Å². The highest BCUT2D eigenvalue weighted by Gasteiger charge is 2.15. The van der Waals surface area contributed by atoms with Gasteiger partial charge in [-0.05, 0) is 41.7 Å². The third kappa shape index (κ3) is 3.79. The summed E-state index contributed by atoms with van der Waals surface area (Å²) in [6.07, 6.45) is 0.811. The molecule has 3 aromatic rings. The third-order valence-corrected chi connectivity index (χ3v) is 4.71. The van der Waals surface area contributed by atoms with Crippen LogP contribution in [0.2, 0.25) is 0 Å². The molecule has 3 rings (SSSR count). The zero-order valence-electron chi connectivity index (χ0n) is 16.1. The van der Waals surface area contributed by atoms with Gasteiger partial charge in [0.25, 0.3) is 0 Å². The summed E-state index contributed by atoms with van der Waals surface area (Å²) < 4.78 is 5.93. The van der Waals surface area contributed by atoms with Gasteiger partial charge in [-0.3, -0.25) is 4.79 Å². The number of aromatic nitrogens is 1. The first-order valence-electron chi connectivity index (χ1n) is 9.10. The molecule has 136 valence electrons. The zero-order valence-corrected chi connectivity index (χ0v) is 16.1. The van der Waals surface area contributed by atoms with E-state index in [1.807, 2.05) is 44.2 Å². The van der Waals surface area contributed by atoms with Gasteiger partial charge >= 0.3 is 0 Å². The monoisotopic (exact) mass is 350 g/mol. The van der Waals surface area contributed by atoms with Gasteiger partial charge in [-0.25, -0.2) is 4.98 Å². The summed E-state index contributed by atoms with van der Waals surface area (Å²) in [5.74, 6) is 0.590. The van der Waals surface area contributed by atoms with Gasteiger partial charge in [-0.1, -0.05) is 46.8 Å². The van der Waals surface area contributed by atoms with Gasteiger partial charge in [0, 0.05) is 23.2 Å². The SMILES string of the molecule is CCC(C)C(=O)Nc1ccc2nc(-c3ccc(C(C)(C)C)cc3)oc2c1. The molecule has 1 N–H and O–H groups in total. The van der Waals surface area contributed by atoms with Crippen molar-refractivity contribution in [2.45, 2.75) is 46.5 Å². The van der Waals surface area contributed by atoms with Crippen molar-refractivity contribution in [2.75, 3.05) is 5.32 Å². The zero-order chi connectivity index (χ0) is 18.9. The predicted octanol–water partition coefficient (Wildman–Crippen LogP) is 5.78. The Morgan fingerprint density at radius 3 is 2.46 bits per heavy atom. The van der Waals surface area contributed by atoms with Crippen LogP contribution in [0.3, 0.4) is 0 Å². The van der Waals surface area contributed by atoms with Crippen molar-refractivity contribution in [3.63, 3.8) is 0 Å². The molecule has 0 aliphatic rings. The number of fused-ring (bicyclic) bond motifs is 1. The molecule has 0 bridgehead atoms. The van der Waals surface area contributed by atoms with Crippen molar-refractivity contribution in [1.29, 1.82) is 0 Å². The number of hydrogen-bond acceptors (Lipinski definition) is 3. The Balaban J connectivity index is 1.86. The van der Waals surface area contributed by atoms with E-state index in [1.54, 1.807) is 0 Å². The molecule has 26 heavy (non-hydrogen) atoms. The summed E-state index contributed by atoms with van der Waals surface area (Å²) in [5, 5.41) is 2.93. The van der Waals surface area contributed by atoms with Gasteiger partial charge in [0.15, 0.2) is 5.58 Å². The lowest BCUT2D eigenvalue weighted by Gasteiger charge is -2.18. The Morgan fingerprint density at radius 2 is 1.85 bits per heavy atom. The second-order valence-corrected chi connectivity index (χ2v) is 7.83. The van der Waals surface area contributed by atoms with Gasteiger partial charge in [0.1, 0.15) is 5.52 Å². The number of anilines is 1. The number of carbonyl (C=O) groups is 1. The Labute approximate surface area is 154 Å². The first kappa shape index (κ1) is 18.2. The maximum absolute atomic E-state index is 12.1. The molecule has 1 amide bonds. The van der Waals surface area contributed by atoms with Gasteiger partial charge in [0.2, 0.25) is 11.8 Å². The predicted molar refractivity (Wildman–Crippen MR) is 106 cm³/mol. The van der Waals surface area contributed by atoms with Crippen LogP contribution in [0.25, 0.3) is 22.6 Å². The maximum atomic E-state index is 12.1. The quantitative estimate of drug-likeness (QED) is 0.649. The molecule has 0 saturated carbocycles. The number of amides is 1. The molecule has 2 aromatic carbocycles. The Kier molecular flexibility index (Phi) is 4.86. The first-order chi connectivity index (χ1) is 12.3. The minimum atomic E-state index is -0.0164. The van der Waals surface area contributed by atoms with Crippen molar-refractivity contribution in [3.8, 4) is 11.5 Å². The van der Waals surface area contributed by atoms with Gasteiger partial charge in [0.05, 0.1) is 0 Å². The first-order valence-corrected chi connectivity index (χ1v) is 9.10. The molecule has 0 fully saturated rings. The summed E-state index contributed by atoms with van der Waals surface area (Å²) in [5.41, 5.74) is 4.51. The van der Waals surface area contributed by atoms with E-state index in [0.29, 0.717) is 11.5 Å². The van der Waals surface area contributed by atoms with Crippen molar-refractivity contribution >= 4 is 22.7 Å². The molecule has 4 nitrogen and oxygen atoms in total. The molecular weight excluding hydrogens is 324 g/mol. The second kappa shape index (κ2) is 6.94. The summed E-state index contributed by atoms with van der Waals surface area (Å²) in [6, 6.07) is 13.9. The van der Waals surface area contributed by atoms with Crippen molar-refractivity contribution in [2.24, 2.45) is 5.92 Å². The Hall–Kier alpha value is -2.62. The molecule has 0 spiro atoms. The summed E-state index contributed by atoms with van der Waals surface area (Å²) in [4.78, 5) is 16.6. The highest BCUT2D eigenvalue weighted by Crippen LogP contribution is 2.29. The molecule has 1 heterocycles. The topological polar surface area (TPSA) is 55.1 Å². The van der Waals surface area contributed by atoms with Crippen LogP contribution >= 0.6 is 0 Å². The number of nitrogens with zero attached hydrogens (tertiary/aromatic N) is 1. The third-order valence-electron chi connectivity index (χ3n) is 4.71. The lowest BCUT2D eigenvalue weighted by atomic mass is 9.87. The van der Waals surface area contributed by atoms with Crippen LogP contribution in [0.4, 0.5) is 5.69 Å². The van der Waals surface area contributed by atoms with Gasteiger partial charge < -0.3 is 9.73 Å². The lowest BCUT2D eigenvalue weighted by Crippen LogP contribution is -2.19. The van der Waals surface area contributed by atoms with Crippen molar-refractivity contribution in [1.82, 2.24) is 4.98 Å². The minimum absolute atomic E-state index is 0.0164. The number of carbonyl (C=O) groups excluding carboxylic acids is 1. The van der Waals surface area contributed by atoms with Gasteiger partial charge in [-0.2, -0.15) is 0 Å². The van der Waals surface area contributed by atoms with Crippen LogP contribution in [-0.4, -0.2) is 10.9 Å². The van der Waals surface area contributed by atoms with E-state index in [-0.39, 0.29) is 17.2 Å². The lowest BCUT2D eigenvalue weighted by molar-refractivity contribution is -0.119. The highest BCUT2D eigenvalue weighted by atomic mass is 16.3. The Morgan fingerprint density at radius 1 is 1.15 bits per heavy atom. The Bertz CT molecular complexity index is 917. The summed E-state index contributed by atoms with van der Waals surface area (Å²) in [6.45, 7) is 10.5. The number of benzene rings is 2. The molecule has 0 aliphatic heterocycles. The van der Waals surface area contributed by atoms with Crippen LogP contribution in [0.5, 0.6) is 0 Å². The fourth-order valence-electron chi connectivity index (χ4n) is 2.69. The van der Waals surface area contributed by atoms with Crippen LogP contribution < -0.4 is 5.32 Å². The number of rotatable bonds is 4. The average molecular weight is 350 g/mol. The average Bonchev–Trinajstić information content (AvgIpc) is 3.03. The standard InChI is InChI=1S/C22H26N2O2/c1-6-14(2)20(25)23-17-11-12-18-19(13-17)26-21(24-18)15-7-9-16(10-8-15)22(3,4)5/h7-14H,6H2,1-5H3,(H,23,25). The molecule has 1 aromatic heterocycles. The molecule has 0 radical (unpaired) electrons. The minimum Gasteiger partial charge on any atom is -0.436 e. The molecular formula is C22H26N2O2. The normalized spacial score (nSPS) is 13.0. The summed E-state index contributed by atoms with van der Waals surface area (Å²) >= 11 is 0. The second-order valence-electron chi connectivity index (χ2n) is 7.83. The number of hydrogen-bond donors (Lipinski definition) is 1. The molecule has 4 heteroatoms. The van der Waals surface area contributed by atoms with Crippen LogP contribution in [0.1, 0.15) is 46.6 Å². The van der Waals surface area contributed by atoms with Gasteiger partial charge in [-0.15, -0.1) is 0 Å². The van der Waals surface area contributed by atoms with E-state index < -0.39 is 0 Å². The maximum Gasteiger partial charge on any atom is 0.227 e. The number of nitrogens with one attached hydrogen (secondary N) is 1. The van der Waals surface area contributed by atoms with E-state index in [0.717, 1.165) is 23.2 Å². The van der Waals surface area contributed by atoms with E-state index >= 15 is 0 Å². The van der Waals surface area contributed by atoms with Crippen LogP contribution in [0.15, 0.2) is 46.9 Å².